The lowest BCUT2D eigenvalue weighted by molar-refractivity contribution is -0.145. The number of hydrogen-bond donors (Lipinski definition) is 4. The Hall–Kier alpha value is -2.94. The Balaban J connectivity index is 2.52. The second-order valence-corrected chi connectivity index (χ2v) is 10.9. The van der Waals surface area contributed by atoms with E-state index in [1.54, 1.807) is 0 Å². The number of carbonyl (C=O) groups is 4. The number of esters is 1. The summed E-state index contributed by atoms with van der Waals surface area (Å²) < 4.78 is 5.28. The molecule has 232 valence electrons. The molecule has 0 bridgehead atoms. The number of amides is 3. The third-order valence-electron chi connectivity index (χ3n) is 7.17. The highest BCUT2D eigenvalue weighted by Crippen LogP contribution is 2.11. The van der Waals surface area contributed by atoms with E-state index in [0.717, 1.165) is 57.1 Å². The minimum Gasteiger partial charge on any atom is -0.461 e. The van der Waals surface area contributed by atoms with Crippen molar-refractivity contribution in [1.82, 2.24) is 21.3 Å². The Labute approximate surface area is 247 Å². The molecule has 1 aromatic carbocycles. The highest BCUT2D eigenvalue weighted by molar-refractivity contribution is 5.88. The smallest absolute Gasteiger partial charge is 0.307 e. The third kappa shape index (κ3) is 17.5. The molecule has 3 atom stereocenters. The summed E-state index contributed by atoms with van der Waals surface area (Å²) in [5.41, 5.74) is 0.898. The third-order valence-corrected chi connectivity index (χ3v) is 7.17. The fraction of sp³-hybridized carbons (Fsp3) is 0.688. The Morgan fingerprint density at radius 2 is 1.34 bits per heavy atom. The summed E-state index contributed by atoms with van der Waals surface area (Å²) in [6.45, 7) is 7.74. The molecule has 0 spiro atoms. The van der Waals surface area contributed by atoms with Crippen LogP contribution in [-0.4, -0.2) is 56.4 Å². The number of carbonyl (C=O) groups excluding carboxylic acids is 4. The minimum absolute atomic E-state index is 0.00616. The average Bonchev–Trinajstić information content (AvgIpc) is 2.97. The first-order valence-corrected chi connectivity index (χ1v) is 15.5. The van der Waals surface area contributed by atoms with Gasteiger partial charge in [-0.15, -0.1) is 0 Å². The van der Waals surface area contributed by atoms with Gasteiger partial charge in [-0.25, -0.2) is 0 Å². The lowest BCUT2D eigenvalue weighted by Crippen LogP contribution is -2.48. The van der Waals surface area contributed by atoms with Gasteiger partial charge in [0.1, 0.15) is 12.6 Å². The minimum atomic E-state index is -0.703. The van der Waals surface area contributed by atoms with Crippen LogP contribution in [0.25, 0.3) is 0 Å². The summed E-state index contributed by atoms with van der Waals surface area (Å²) in [5, 5.41) is 11.8. The zero-order valence-corrected chi connectivity index (χ0v) is 25.8. The Morgan fingerprint density at radius 1 is 0.732 bits per heavy atom. The number of unbranched alkanes of at least 4 members (excludes halogenated alkanes) is 4. The molecule has 41 heavy (non-hydrogen) atoms. The van der Waals surface area contributed by atoms with E-state index in [0.29, 0.717) is 25.8 Å². The molecule has 0 aliphatic heterocycles. The Kier molecular flexibility index (Phi) is 20.0. The molecule has 4 N–H and O–H groups in total. The van der Waals surface area contributed by atoms with E-state index in [1.165, 1.54) is 0 Å². The van der Waals surface area contributed by atoms with Gasteiger partial charge in [0.2, 0.25) is 17.7 Å². The normalized spacial score (nSPS) is 13.1. The maximum atomic E-state index is 13.0. The van der Waals surface area contributed by atoms with E-state index in [9.17, 15) is 19.2 Å². The van der Waals surface area contributed by atoms with Gasteiger partial charge < -0.3 is 26.0 Å². The van der Waals surface area contributed by atoms with Crippen LogP contribution in [0.5, 0.6) is 0 Å². The van der Waals surface area contributed by atoms with Gasteiger partial charge in [-0.05, 0) is 57.7 Å². The summed E-state index contributed by atoms with van der Waals surface area (Å²) in [6.07, 6.45) is 8.74. The van der Waals surface area contributed by atoms with Crippen LogP contribution in [0.4, 0.5) is 0 Å². The number of rotatable bonds is 23. The lowest BCUT2D eigenvalue weighted by atomic mass is 10.0. The standard InChI is InChI=1S/C32H54N4O5/c1-5-6-8-15-25(2)30(38)34-22-14-12-19-28(36-31(39)26(3)16-11-13-21-33-4)32(40)35-23-20-29(37)41-24-27-17-9-7-10-18-27/h7,9-10,17-18,25-26,28,33H,5-6,8,11-16,19-24H2,1-4H3,(H,34,38)(H,35,40)(H,36,39)/t25-,26-,28-/m0/s1. The van der Waals surface area contributed by atoms with Crippen molar-refractivity contribution < 1.29 is 23.9 Å². The fourth-order valence-corrected chi connectivity index (χ4v) is 4.38. The van der Waals surface area contributed by atoms with E-state index in [-0.39, 0.29) is 49.1 Å². The van der Waals surface area contributed by atoms with Crippen LogP contribution < -0.4 is 21.3 Å². The molecule has 0 saturated heterocycles. The van der Waals surface area contributed by atoms with Gasteiger partial charge in [0.15, 0.2) is 0 Å². The molecule has 0 unspecified atom stereocenters. The molecule has 1 aromatic rings. The number of hydrogen-bond acceptors (Lipinski definition) is 6. The molecular formula is C32H54N4O5. The van der Waals surface area contributed by atoms with Gasteiger partial charge in [-0.1, -0.05) is 76.8 Å². The molecule has 0 saturated carbocycles. The van der Waals surface area contributed by atoms with Crippen molar-refractivity contribution in [2.75, 3.05) is 26.7 Å². The first kappa shape index (κ1) is 36.1. The van der Waals surface area contributed by atoms with Crippen LogP contribution in [0.1, 0.15) is 97.0 Å². The van der Waals surface area contributed by atoms with E-state index in [2.05, 4.69) is 28.2 Å². The molecule has 0 aliphatic carbocycles. The largest absolute Gasteiger partial charge is 0.461 e. The first-order valence-electron chi connectivity index (χ1n) is 15.5. The monoisotopic (exact) mass is 574 g/mol. The molecule has 0 aromatic heterocycles. The molecule has 3 amide bonds. The molecule has 9 heteroatoms. The highest BCUT2D eigenvalue weighted by Gasteiger charge is 2.23. The predicted octanol–water partition coefficient (Wildman–Crippen LogP) is 4.25. The second-order valence-electron chi connectivity index (χ2n) is 10.9. The van der Waals surface area contributed by atoms with Gasteiger partial charge in [-0.2, -0.15) is 0 Å². The zero-order valence-electron chi connectivity index (χ0n) is 25.8. The molecular weight excluding hydrogens is 520 g/mol. The fourth-order valence-electron chi connectivity index (χ4n) is 4.38. The second kappa shape index (κ2) is 22.7. The van der Waals surface area contributed by atoms with E-state index < -0.39 is 12.0 Å². The Morgan fingerprint density at radius 3 is 2.02 bits per heavy atom. The maximum absolute atomic E-state index is 13.0. The summed E-state index contributed by atoms with van der Waals surface area (Å²) in [7, 11) is 1.90. The topological polar surface area (TPSA) is 126 Å². The SMILES string of the molecule is CCCCC[C@H](C)C(=O)NCCCC[C@H](NC(=O)[C@@H](C)CCCCNC)C(=O)NCCC(=O)OCc1ccccc1. The molecule has 0 fully saturated rings. The average molecular weight is 575 g/mol. The highest BCUT2D eigenvalue weighted by atomic mass is 16.5. The molecule has 0 heterocycles. The predicted molar refractivity (Wildman–Crippen MR) is 163 cm³/mol. The number of ether oxygens (including phenoxy) is 1. The van der Waals surface area contributed by atoms with Gasteiger partial charge in [0.05, 0.1) is 6.42 Å². The van der Waals surface area contributed by atoms with Gasteiger partial charge in [0.25, 0.3) is 0 Å². The molecule has 1 rings (SSSR count). The molecule has 9 nitrogen and oxygen atoms in total. The summed E-state index contributed by atoms with van der Waals surface area (Å²) in [4.78, 5) is 50.3. The molecule has 0 aliphatic rings. The van der Waals surface area contributed by atoms with Crippen LogP contribution in [0.3, 0.4) is 0 Å². The summed E-state index contributed by atoms with van der Waals surface area (Å²) in [6, 6.07) is 8.71. The van der Waals surface area contributed by atoms with Crippen LogP contribution in [0, 0.1) is 11.8 Å². The van der Waals surface area contributed by atoms with E-state index >= 15 is 0 Å². The van der Waals surface area contributed by atoms with Crippen molar-refractivity contribution in [3.8, 4) is 0 Å². The van der Waals surface area contributed by atoms with Crippen molar-refractivity contribution in [1.29, 1.82) is 0 Å². The Bertz CT molecular complexity index is 880. The van der Waals surface area contributed by atoms with Crippen molar-refractivity contribution in [3.05, 3.63) is 35.9 Å². The van der Waals surface area contributed by atoms with Crippen LogP contribution >= 0.6 is 0 Å². The quantitative estimate of drug-likeness (QED) is 0.114. The number of benzene rings is 1. The van der Waals surface area contributed by atoms with Crippen molar-refractivity contribution >= 4 is 23.7 Å². The van der Waals surface area contributed by atoms with Crippen molar-refractivity contribution in [3.63, 3.8) is 0 Å². The van der Waals surface area contributed by atoms with Crippen molar-refractivity contribution in [2.24, 2.45) is 11.8 Å². The van der Waals surface area contributed by atoms with Crippen LogP contribution in [0.15, 0.2) is 30.3 Å². The molecule has 0 radical (unpaired) electrons. The van der Waals surface area contributed by atoms with Crippen molar-refractivity contribution in [2.45, 2.75) is 104 Å². The number of nitrogens with one attached hydrogen (secondary N) is 4. The first-order chi connectivity index (χ1) is 19.8. The van der Waals surface area contributed by atoms with Gasteiger partial charge in [0, 0.05) is 24.9 Å². The summed E-state index contributed by atoms with van der Waals surface area (Å²) in [5.74, 6) is -1.01. The van der Waals surface area contributed by atoms with Crippen LogP contribution in [-0.2, 0) is 30.5 Å². The van der Waals surface area contributed by atoms with E-state index in [1.807, 2.05) is 51.2 Å². The lowest BCUT2D eigenvalue weighted by Gasteiger charge is -2.21. The maximum Gasteiger partial charge on any atom is 0.307 e. The van der Waals surface area contributed by atoms with Crippen LogP contribution in [0.2, 0.25) is 0 Å². The van der Waals surface area contributed by atoms with E-state index in [4.69, 9.17) is 4.74 Å². The summed E-state index contributed by atoms with van der Waals surface area (Å²) >= 11 is 0. The van der Waals surface area contributed by atoms with Gasteiger partial charge >= 0.3 is 5.97 Å². The zero-order chi connectivity index (χ0) is 30.3. The van der Waals surface area contributed by atoms with Gasteiger partial charge in [-0.3, -0.25) is 19.2 Å².